The summed E-state index contributed by atoms with van der Waals surface area (Å²) in [6.07, 6.45) is 4.30. The highest BCUT2D eigenvalue weighted by Gasteiger charge is 2.31. The Morgan fingerprint density at radius 1 is 0.844 bits per heavy atom. The Morgan fingerprint density at radius 2 is 1.47 bits per heavy atom. The zero-order valence-electron chi connectivity index (χ0n) is 28.2. The Labute approximate surface area is 271 Å². The summed E-state index contributed by atoms with van der Waals surface area (Å²) < 4.78 is 5.98. The molecule has 1 aliphatic rings. The van der Waals surface area contributed by atoms with Crippen LogP contribution in [0.25, 0.3) is 0 Å². The lowest BCUT2D eigenvalue weighted by molar-refractivity contribution is -0.138. The molecular weight excluding hydrogens is 558 g/mol. The number of likely N-dealkylation sites (N-methyl/N-ethyl adjacent to an activating group) is 1. The molecule has 1 saturated heterocycles. The summed E-state index contributed by atoms with van der Waals surface area (Å²) in [6.45, 7) is 13.6. The van der Waals surface area contributed by atoms with Crippen LogP contribution in [-0.2, 0) is 34.6 Å². The standard InChI is InChI=1S/C39H53N3O3/c1-29(2)25-36(41(6)27-31-15-19-33(20-16-31)39(3,4)5)37(43)40-35(38(44)42-23-11-8-12-24-42)26-30-17-21-34(22-18-30)45-28-32-13-9-7-10-14-32/h7,9-10,13-22,29,35-36H,8,11-12,23-28H2,1-6H3,(H,40,43)/t35-,36-/m0/s1. The normalized spacial score (nSPS) is 15.2. The zero-order chi connectivity index (χ0) is 32.4. The molecule has 6 heteroatoms. The summed E-state index contributed by atoms with van der Waals surface area (Å²) in [5.41, 5.74) is 4.66. The summed E-state index contributed by atoms with van der Waals surface area (Å²) in [4.78, 5) is 31.9. The molecule has 1 heterocycles. The van der Waals surface area contributed by atoms with Crippen LogP contribution < -0.4 is 10.1 Å². The first kappa shape index (κ1) is 34.2. The quantitative estimate of drug-likeness (QED) is 0.223. The first-order valence-electron chi connectivity index (χ1n) is 16.6. The predicted molar refractivity (Wildman–Crippen MR) is 183 cm³/mol. The predicted octanol–water partition coefficient (Wildman–Crippen LogP) is 7.15. The highest BCUT2D eigenvalue weighted by atomic mass is 16.5. The van der Waals surface area contributed by atoms with E-state index in [9.17, 15) is 9.59 Å². The van der Waals surface area contributed by atoms with Crippen molar-refractivity contribution >= 4 is 11.8 Å². The fourth-order valence-corrected chi connectivity index (χ4v) is 5.94. The molecule has 3 aromatic rings. The van der Waals surface area contributed by atoms with E-state index in [-0.39, 0.29) is 23.3 Å². The van der Waals surface area contributed by atoms with Gasteiger partial charge in [-0.15, -0.1) is 0 Å². The van der Waals surface area contributed by atoms with Gasteiger partial charge in [0.15, 0.2) is 0 Å². The molecule has 45 heavy (non-hydrogen) atoms. The Kier molecular flexibility index (Phi) is 12.2. The molecule has 1 aliphatic heterocycles. The lowest BCUT2D eigenvalue weighted by Crippen LogP contribution is -2.55. The SMILES string of the molecule is CC(C)C[C@@H](C(=O)N[C@@H](Cc1ccc(OCc2ccccc2)cc1)C(=O)N1CCCCC1)N(C)Cc1ccc(C(C)(C)C)cc1. The molecule has 0 saturated carbocycles. The van der Waals surface area contributed by atoms with Gasteiger partial charge in [0.2, 0.25) is 11.8 Å². The molecule has 2 atom stereocenters. The van der Waals surface area contributed by atoms with E-state index in [1.165, 1.54) is 11.1 Å². The lowest BCUT2D eigenvalue weighted by Gasteiger charge is -2.33. The summed E-state index contributed by atoms with van der Waals surface area (Å²) in [6, 6.07) is 25.7. The van der Waals surface area contributed by atoms with Gasteiger partial charge in [0.1, 0.15) is 18.4 Å². The summed E-state index contributed by atoms with van der Waals surface area (Å²) >= 11 is 0. The van der Waals surface area contributed by atoms with Crippen molar-refractivity contribution in [1.29, 1.82) is 0 Å². The van der Waals surface area contributed by atoms with Gasteiger partial charge in [-0.1, -0.05) is 101 Å². The van der Waals surface area contributed by atoms with Crippen LogP contribution in [0.5, 0.6) is 5.75 Å². The zero-order valence-corrected chi connectivity index (χ0v) is 28.2. The minimum Gasteiger partial charge on any atom is -0.489 e. The van der Waals surface area contributed by atoms with E-state index in [2.05, 4.69) is 69.1 Å². The van der Waals surface area contributed by atoms with E-state index < -0.39 is 6.04 Å². The lowest BCUT2D eigenvalue weighted by atomic mass is 9.86. The van der Waals surface area contributed by atoms with E-state index in [1.54, 1.807) is 0 Å². The second-order valence-electron chi connectivity index (χ2n) is 14.1. The summed E-state index contributed by atoms with van der Waals surface area (Å²) in [5.74, 6) is 1.03. The van der Waals surface area contributed by atoms with Crippen molar-refractivity contribution in [2.45, 2.75) is 97.4 Å². The second kappa shape index (κ2) is 16.1. The topological polar surface area (TPSA) is 61.9 Å². The number of ether oxygens (including phenoxy) is 1. The van der Waals surface area contributed by atoms with Gasteiger partial charge in [-0.05, 0) is 78.5 Å². The number of nitrogens with zero attached hydrogens (tertiary/aromatic N) is 2. The Balaban J connectivity index is 1.47. The Morgan fingerprint density at radius 3 is 2.07 bits per heavy atom. The average Bonchev–Trinajstić information content (AvgIpc) is 3.03. The number of carbonyl (C=O) groups excluding carboxylic acids is 2. The maximum absolute atomic E-state index is 14.0. The van der Waals surface area contributed by atoms with Crippen LogP contribution in [0.15, 0.2) is 78.9 Å². The maximum Gasteiger partial charge on any atom is 0.245 e. The third kappa shape index (κ3) is 10.5. The van der Waals surface area contributed by atoms with Crippen LogP contribution in [0.1, 0.15) is 82.6 Å². The summed E-state index contributed by atoms with van der Waals surface area (Å²) in [7, 11) is 2.01. The van der Waals surface area contributed by atoms with Gasteiger partial charge in [-0.25, -0.2) is 0 Å². The van der Waals surface area contributed by atoms with Crippen molar-refractivity contribution in [3.63, 3.8) is 0 Å². The van der Waals surface area contributed by atoms with Crippen molar-refractivity contribution in [2.24, 2.45) is 5.92 Å². The number of hydrogen-bond donors (Lipinski definition) is 1. The molecule has 3 aromatic carbocycles. The monoisotopic (exact) mass is 611 g/mol. The van der Waals surface area contributed by atoms with E-state index in [0.29, 0.717) is 31.9 Å². The highest BCUT2D eigenvalue weighted by Crippen LogP contribution is 2.23. The van der Waals surface area contributed by atoms with Crippen LogP contribution in [0.3, 0.4) is 0 Å². The Hall–Kier alpha value is -3.64. The van der Waals surface area contributed by atoms with Crippen molar-refractivity contribution in [3.05, 3.63) is 101 Å². The van der Waals surface area contributed by atoms with E-state index in [1.807, 2.05) is 66.5 Å². The van der Waals surface area contributed by atoms with Crippen LogP contribution in [0, 0.1) is 5.92 Å². The number of piperidine rings is 1. The molecular formula is C39H53N3O3. The molecule has 6 nitrogen and oxygen atoms in total. The molecule has 4 rings (SSSR count). The number of likely N-dealkylation sites (tertiary alicyclic amines) is 1. The van der Waals surface area contributed by atoms with E-state index in [4.69, 9.17) is 4.74 Å². The van der Waals surface area contributed by atoms with Crippen LogP contribution in [0.2, 0.25) is 0 Å². The first-order valence-corrected chi connectivity index (χ1v) is 16.6. The van der Waals surface area contributed by atoms with Crippen LogP contribution >= 0.6 is 0 Å². The molecule has 1 N–H and O–H groups in total. The van der Waals surface area contributed by atoms with Gasteiger partial charge in [0.05, 0.1) is 6.04 Å². The highest BCUT2D eigenvalue weighted by molar-refractivity contribution is 5.90. The van der Waals surface area contributed by atoms with Crippen molar-refractivity contribution in [3.8, 4) is 5.75 Å². The van der Waals surface area contributed by atoms with Gasteiger partial charge < -0.3 is 15.0 Å². The summed E-state index contributed by atoms with van der Waals surface area (Å²) in [5, 5.41) is 3.22. The van der Waals surface area contributed by atoms with Gasteiger partial charge in [0.25, 0.3) is 0 Å². The van der Waals surface area contributed by atoms with Crippen molar-refractivity contribution in [2.75, 3.05) is 20.1 Å². The fourth-order valence-electron chi connectivity index (χ4n) is 5.94. The third-order valence-corrected chi connectivity index (χ3v) is 8.68. The molecule has 0 spiro atoms. The van der Waals surface area contributed by atoms with Crippen molar-refractivity contribution < 1.29 is 14.3 Å². The van der Waals surface area contributed by atoms with Gasteiger partial charge in [0, 0.05) is 26.1 Å². The number of rotatable bonds is 13. The molecule has 0 bridgehead atoms. The fraction of sp³-hybridized carbons (Fsp3) is 0.487. The molecule has 0 aliphatic carbocycles. The van der Waals surface area contributed by atoms with Gasteiger partial charge >= 0.3 is 0 Å². The van der Waals surface area contributed by atoms with Crippen molar-refractivity contribution in [1.82, 2.24) is 15.1 Å². The smallest absolute Gasteiger partial charge is 0.245 e. The minimum absolute atomic E-state index is 0.0103. The number of benzene rings is 3. The number of nitrogens with one attached hydrogen (secondary N) is 1. The molecule has 0 unspecified atom stereocenters. The molecule has 242 valence electrons. The second-order valence-corrected chi connectivity index (χ2v) is 14.1. The van der Waals surface area contributed by atoms with Crippen LogP contribution in [0.4, 0.5) is 0 Å². The third-order valence-electron chi connectivity index (χ3n) is 8.68. The van der Waals surface area contributed by atoms with E-state index in [0.717, 1.165) is 49.2 Å². The number of carbonyl (C=O) groups is 2. The largest absolute Gasteiger partial charge is 0.489 e. The average molecular weight is 612 g/mol. The molecule has 1 fully saturated rings. The molecule has 2 amide bonds. The number of hydrogen-bond acceptors (Lipinski definition) is 4. The maximum atomic E-state index is 14.0. The first-order chi connectivity index (χ1) is 21.5. The van der Waals surface area contributed by atoms with Gasteiger partial charge in [-0.2, -0.15) is 0 Å². The molecule has 0 radical (unpaired) electrons. The van der Waals surface area contributed by atoms with E-state index >= 15 is 0 Å². The molecule has 0 aromatic heterocycles. The Bertz CT molecular complexity index is 1340. The van der Waals surface area contributed by atoms with Gasteiger partial charge in [-0.3, -0.25) is 14.5 Å². The minimum atomic E-state index is -0.624. The van der Waals surface area contributed by atoms with Crippen LogP contribution in [-0.4, -0.2) is 53.8 Å². The number of amides is 2.